The molecule has 2 aromatic carbocycles. The van der Waals surface area contributed by atoms with Crippen molar-refractivity contribution in [2.45, 2.75) is 0 Å². The van der Waals surface area contributed by atoms with Crippen molar-refractivity contribution in [2.24, 2.45) is 5.73 Å². The average Bonchev–Trinajstić information content (AvgIpc) is 2.55. The first-order valence-electron chi connectivity index (χ1n) is 6.80. The Morgan fingerprint density at radius 1 is 1.04 bits per heavy atom. The highest BCUT2D eigenvalue weighted by Gasteiger charge is 2.05. The van der Waals surface area contributed by atoms with Crippen LogP contribution in [-0.4, -0.2) is 25.8 Å². The second-order valence-electron chi connectivity index (χ2n) is 4.51. The predicted molar refractivity (Wildman–Crippen MR) is 85.6 cm³/mol. The lowest BCUT2D eigenvalue weighted by Crippen LogP contribution is -2.32. The van der Waals surface area contributed by atoms with Gasteiger partial charge in [-0.2, -0.15) is 0 Å². The third-order valence-corrected chi connectivity index (χ3v) is 2.96. The monoisotopic (exact) mass is 315 g/mol. The summed E-state index contributed by atoms with van der Waals surface area (Å²) in [5, 5.41) is 5.16. The summed E-state index contributed by atoms with van der Waals surface area (Å²) in [4.78, 5) is 22.7. The largest absolute Gasteiger partial charge is 0.493 e. The van der Waals surface area contributed by atoms with Crippen molar-refractivity contribution in [3.05, 3.63) is 54.1 Å². The Hall–Kier alpha value is -3.22. The van der Waals surface area contributed by atoms with Crippen LogP contribution >= 0.6 is 0 Å². The molecule has 23 heavy (non-hydrogen) atoms. The average molecular weight is 315 g/mol. The first-order chi connectivity index (χ1) is 11.1. The Kier molecular flexibility index (Phi) is 5.40. The summed E-state index contributed by atoms with van der Waals surface area (Å²) in [5.74, 6) is 0.587. The van der Waals surface area contributed by atoms with Crippen LogP contribution in [0.4, 0.5) is 10.5 Å². The van der Waals surface area contributed by atoms with Crippen LogP contribution in [0, 0.1) is 0 Å². The molecule has 0 fully saturated rings. The number of methoxy groups -OCH3 is 1. The van der Waals surface area contributed by atoms with Crippen LogP contribution in [0.5, 0.6) is 11.5 Å². The van der Waals surface area contributed by atoms with Crippen molar-refractivity contribution >= 4 is 17.6 Å². The molecule has 0 saturated carbocycles. The van der Waals surface area contributed by atoms with E-state index in [9.17, 15) is 9.59 Å². The van der Waals surface area contributed by atoms with Gasteiger partial charge in [0.1, 0.15) is 0 Å². The zero-order chi connectivity index (χ0) is 16.7. The number of nitrogens with one attached hydrogen (secondary N) is 2. The molecule has 0 radical (unpaired) electrons. The third-order valence-electron chi connectivity index (χ3n) is 2.96. The van der Waals surface area contributed by atoms with Crippen molar-refractivity contribution < 1.29 is 19.1 Å². The van der Waals surface area contributed by atoms with Crippen molar-refractivity contribution in [3.8, 4) is 11.5 Å². The van der Waals surface area contributed by atoms with Crippen LogP contribution in [0.1, 0.15) is 10.4 Å². The smallest absolute Gasteiger partial charge is 0.321 e. The van der Waals surface area contributed by atoms with E-state index in [4.69, 9.17) is 15.2 Å². The summed E-state index contributed by atoms with van der Waals surface area (Å²) in [7, 11) is 1.54. The van der Waals surface area contributed by atoms with Gasteiger partial charge in [0.05, 0.1) is 7.11 Å². The molecule has 0 aromatic heterocycles. The van der Waals surface area contributed by atoms with Gasteiger partial charge in [0.2, 0.25) is 5.91 Å². The number of para-hydroxylation sites is 2. The quantitative estimate of drug-likeness (QED) is 0.709. The molecule has 0 heterocycles. The van der Waals surface area contributed by atoms with E-state index >= 15 is 0 Å². The van der Waals surface area contributed by atoms with Crippen LogP contribution in [0.15, 0.2) is 48.5 Å². The number of primary amides is 1. The Morgan fingerprint density at radius 3 is 2.30 bits per heavy atom. The Labute approximate surface area is 133 Å². The van der Waals surface area contributed by atoms with Crippen molar-refractivity contribution in [2.75, 3.05) is 19.2 Å². The number of rotatable bonds is 6. The maximum atomic E-state index is 11.8. The van der Waals surface area contributed by atoms with E-state index in [0.29, 0.717) is 22.7 Å². The fourth-order valence-corrected chi connectivity index (χ4v) is 1.81. The zero-order valence-electron chi connectivity index (χ0n) is 12.5. The molecule has 7 nitrogen and oxygen atoms in total. The molecule has 0 aliphatic heterocycles. The first-order valence-corrected chi connectivity index (χ1v) is 6.80. The molecule has 0 saturated heterocycles. The number of ether oxygens (including phenoxy) is 2. The molecule has 0 spiro atoms. The second kappa shape index (κ2) is 7.69. The van der Waals surface area contributed by atoms with E-state index in [1.165, 1.54) is 19.2 Å². The van der Waals surface area contributed by atoms with E-state index in [0.717, 1.165) is 0 Å². The van der Waals surface area contributed by atoms with Crippen LogP contribution < -0.4 is 25.8 Å². The van der Waals surface area contributed by atoms with Crippen molar-refractivity contribution in [1.82, 2.24) is 5.32 Å². The zero-order valence-corrected chi connectivity index (χ0v) is 12.5. The van der Waals surface area contributed by atoms with Crippen LogP contribution in [0.2, 0.25) is 0 Å². The minimum atomic E-state index is -0.522. The molecule has 2 aromatic rings. The number of hydrogen-bond acceptors (Lipinski definition) is 4. The molecule has 0 unspecified atom stereocenters. The van der Waals surface area contributed by atoms with Crippen molar-refractivity contribution in [1.29, 1.82) is 0 Å². The summed E-state index contributed by atoms with van der Waals surface area (Å²) >= 11 is 0. The lowest BCUT2D eigenvalue weighted by molar-refractivity contribution is 0.100. The molecule has 4 N–H and O–H groups in total. The first kappa shape index (κ1) is 16.2. The second-order valence-corrected chi connectivity index (χ2v) is 4.51. The SMILES string of the molecule is COc1ccccc1OCNC(=O)Nc1ccc(C(N)=O)cc1. The Balaban J connectivity index is 1.82. The summed E-state index contributed by atoms with van der Waals surface area (Å²) in [6.07, 6.45) is 0. The topological polar surface area (TPSA) is 103 Å². The Bertz CT molecular complexity index is 686. The Morgan fingerprint density at radius 2 is 1.70 bits per heavy atom. The minimum Gasteiger partial charge on any atom is -0.493 e. The van der Waals surface area contributed by atoms with Gasteiger partial charge in [0.25, 0.3) is 0 Å². The molecule has 7 heteroatoms. The highest BCUT2D eigenvalue weighted by molar-refractivity contribution is 5.94. The van der Waals surface area contributed by atoms with Crippen LogP contribution in [0.3, 0.4) is 0 Å². The minimum absolute atomic E-state index is 0.0222. The standard InChI is InChI=1S/C16H17N3O4/c1-22-13-4-2-3-5-14(13)23-10-18-16(21)19-12-8-6-11(7-9-12)15(17)20/h2-9H,10H2,1H3,(H2,17,20)(H2,18,19,21). The number of urea groups is 1. The van der Waals surface area contributed by atoms with E-state index in [1.807, 2.05) is 6.07 Å². The fraction of sp³-hybridized carbons (Fsp3) is 0.125. The molecular weight excluding hydrogens is 298 g/mol. The van der Waals surface area contributed by atoms with E-state index in [2.05, 4.69) is 10.6 Å². The highest BCUT2D eigenvalue weighted by atomic mass is 16.5. The number of carbonyl (C=O) groups is 2. The van der Waals surface area contributed by atoms with Gasteiger partial charge in [-0.1, -0.05) is 12.1 Å². The van der Waals surface area contributed by atoms with Gasteiger partial charge in [-0.15, -0.1) is 0 Å². The van der Waals surface area contributed by atoms with E-state index in [-0.39, 0.29) is 6.73 Å². The molecular formula is C16H17N3O4. The summed E-state index contributed by atoms with van der Waals surface area (Å²) in [5.41, 5.74) is 6.05. The third kappa shape index (κ3) is 4.63. The van der Waals surface area contributed by atoms with E-state index < -0.39 is 11.9 Å². The number of amides is 3. The lowest BCUT2D eigenvalue weighted by Gasteiger charge is -2.11. The molecule has 0 atom stereocenters. The summed E-state index contributed by atoms with van der Waals surface area (Å²) in [6, 6.07) is 12.9. The van der Waals surface area contributed by atoms with E-state index in [1.54, 1.807) is 30.3 Å². The van der Waals surface area contributed by atoms with Gasteiger partial charge in [-0.3, -0.25) is 4.79 Å². The molecule has 2 rings (SSSR count). The molecule has 120 valence electrons. The molecule has 0 bridgehead atoms. The van der Waals surface area contributed by atoms with Gasteiger partial charge in [0.15, 0.2) is 18.2 Å². The van der Waals surface area contributed by atoms with Crippen molar-refractivity contribution in [3.63, 3.8) is 0 Å². The van der Waals surface area contributed by atoms with Gasteiger partial charge in [-0.25, -0.2) is 4.79 Å². The number of carbonyl (C=O) groups excluding carboxylic acids is 2. The summed E-state index contributed by atoms with van der Waals surface area (Å²) in [6.45, 7) is -0.0222. The predicted octanol–water partition coefficient (Wildman–Crippen LogP) is 1.95. The van der Waals surface area contributed by atoms with Gasteiger partial charge in [-0.05, 0) is 36.4 Å². The summed E-state index contributed by atoms with van der Waals surface area (Å²) < 4.78 is 10.6. The number of anilines is 1. The molecule has 0 aliphatic rings. The molecule has 0 aliphatic carbocycles. The number of nitrogens with two attached hydrogens (primary N) is 1. The number of hydrogen-bond donors (Lipinski definition) is 3. The molecule has 3 amide bonds. The number of benzene rings is 2. The van der Waals surface area contributed by atoms with Crippen LogP contribution in [-0.2, 0) is 0 Å². The van der Waals surface area contributed by atoms with Gasteiger partial charge in [0, 0.05) is 11.3 Å². The normalized spacial score (nSPS) is 9.78. The van der Waals surface area contributed by atoms with Crippen LogP contribution in [0.25, 0.3) is 0 Å². The maximum absolute atomic E-state index is 11.8. The van der Waals surface area contributed by atoms with Gasteiger partial charge >= 0.3 is 6.03 Å². The lowest BCUT2D eigenvalue weighted by atomic mass is 10.2. The maximum Gasteiger partial charge on any atom is 0.321 e. The fourth-order valence-electron chi connectivity index (χ4n) is 1.81. The highest BCUT2D eigenvalue weighted by Crippen LogP contribution is 2.25. The van der Waals surface area contributed by atoms with Gasteiger partial charge < -0.3 is 25.8 Å².